The topological polar surface area (TPSA) is 54.4 Å². The highest BCUT2D eigenvalue weighted by Crippen LogP contribution is 2.45. The summed E-state index contributed by atoms with van der Waals surface area (Å²) in [6.45, 7) is 6.58. The van der Waals surface area contributed by atoms with Crippen molar-refractivity contribution < 1.29 is 4.74 Å². The van der Waals surface area contributed by atoms with E-state index in [1.54, 1.807) is 25.3 Å². The lowest BCUT2D eigenvalue weighted by Crippen LogP contribution is -2.23. The largest absolute Gasteiger partial charge is 0.495 e. The van der Waals surface area contributed by atoms with Crippen LogP contribution in [0.2, 0.25) is 0 Å². The van der Waals surface area contributed by atoms with Crippen LogP contribution in [0.25, 0.3) is 5.57 Å². The molecule has 2 aromatic rings. The normalized spacial score (nSPS) is 22.6. The van der Waals surface area contributed by atoms with Crippen molar-refractivity contribution in [3.63, 3.8) is 0 Å². The molecular formula is C23H31N5OS. The second kappa shape index (κ2) is 9.79. The molecule has 2 unspecified atom stereocenters. The Morgan fingerprint density at radius 1 is 1.10 bits per heavy atom. The molecule has 1 aliphatic carbocycles. The summed E-state index contributed by atoms with van der Waals surface area (Å²) in [6, 6.07) is 3.99. The molecule has 3 aliphatic rings. The van der Waals surface area contributed by atoms with Crippen molar-refractivity contribution in [2.75, 3.05) is 44.4 Å². The maximum absolute atomic E-state index is 5.10. The number of hydrogen-bond acceptors (Lipinski definition) is 7. The highest BCUT2D eigenvalue weighted by Gasteiger charge is 2.45. The van der Waals surface area contributed by atoms with Gasteiger partial charge in [-0.2, -0.15) is 0 Å². The lowest BCUT2D eigenvalue weighted by molar-refractivity contribution is 0.413. The van der Waals surface area contributed by atoms with Gasteiger partial charge in [0.15, 0.2) is 0 Å². The summed E-state index contributed by atoms with van der Waals surface area (Å²) in [5, 5.41) is 0. The molecule has 2 atom stereocenters. The summed E-state index contributed by atoms with van der Waals surface area (Å²) in [6.07, 6.45) is 13.6. The van der Waals surface area contributed by atoms with E-state index in [9.17, 15) is 0 Å². The first-order valence-electron chi connectivity index (χ1n) is 10.7. The van der Waals surface area contributed by atoms with Crippen molar-refractivity contribution in [2.45, 2.75) is 26.2 Å². The van der Waals surface area contributed by atoms with Crippen molar-refractivity contribution in [1.29, 1.82) is 0 Å². The van der Waals surface area contributed by atoms with Crippen molar-refractivity contribution in [3.05, 3.63) is 48.1 Å². The maximum Gasteiger partial charge on any atom is 0.225 e. The zero-order valence-electron chi connectivity index (χ0n) is 18.1. The molecular weight excluding hydrogens is 394 g/mol. The molecule has 4 heterocycles. The molecule has 0 N–H and O–H groups in total. The predicted octanol–water partition coefficient (Wildman–Crippen LogP) is 3.95. The summed E-state index contributed by atoms with van der Waals surface area (Å²) in [5.41, 5.74) is 3.63. The van der Waals surface area contributed by atoms with Gasteiger partial charge in [0.2, 0.25) is 5.95 Å². The van der Waals surface area contributed by atoms with Crippen molar-refractivity contribution in [1.82, 2.24) is 19.3 Å². The molecule has 0 amide bonds. The smallest absolute Gasteiger partial charge is 0.225 e. The van der Waals surface area contributed by atoms with E-state index in [1.807, 2.05) is 24.5 Å². The van der Waals surface area contributed by atoms with Crippen LogP contribution in [0, 0.1) is 11.8 Å². The Hall–Kier alpha value is -2.12. The summed E-state index contributed by atoms with van der Waals surface area (Å²) in [5.74, 6) is 3.63. The van der Waals surface area contributed by atoms with E-state index < -0.39 is 0 Å². The standard InChI is InChI=1S/C12H16N2OS.C11H15N3/c1-15-11-3-4-12(13-9-11)10-5-7-14(16-2)8-6-10;1-2-8-4-12-11(13-5-8)14-6-9-3-10(9)7-14/h3-5,9H,6-8H2,1-2H3;4-5,9-10H,2-3,6-7H2,1H3. The van der Waals surface area contributed by atoms with Crippen LogP contribution >= 0.6 is 11.9 Å². The Bertz CT molecular complexity index is 845. The Morgan fingerprint density at radius 2 is 1.87 bits per heavy atom. The summed E-state index contributed by atoms with van der Waals surface area (Å²) in [4.78, 5) is 15.5. The van der Waals surface area contributed by atoms with Gasteiger partial charge >= 0.3 is 0 Å². The van der Waals surface area contributed by atoms with E-state index in [4.69, 9.17) is 4.74 Å². The van der Waals surface area contributed by atoms with Crippen LogP contribution in [0.4, 0.5) is 5.95 Å². The monoisotopic (exact) mass is 425 g/mol. The molecule has 6 nitrogen and oxygen atoms in total. The van der Waals surface area contributed by atoms with Gasteiger partial charge in [0.1, 0.15) is 5.75 Å². The fourth-order valence-corrected chi connectivity index (χ4v) is 4.49. The summed E-state index contributed by atoms with van der Waals surface area (Å²) >= 11 is 1.80. The average Bonchev–Trinajstić information content (AvgIpc) is 3.44. The SMILES string of the molecule is CCc1cnc(N2CC3CC3C2)nc1.COc1ccc(C2=CCN(SC)CC2)nc1. The van der Waals surface area contributed by atoms with E-state index in [-0.39, 0.29) is 0 Å². The van der Waals surface area contributed by atoms with Gasteiger partial charge in [-0.15, -0.1) is 0 Å². The molecule has 0 spiro atoms. The van der Waals surface area contributed by atoms with Crippen LogP contribution in [0.5, 0.6) is 5.75 Å². The molecule has 5 rings (SSSR count). The third kappa shape index (κ3) is 5.13. The molecule has 7 heteroatoms. The van der Waals surface area contributed by atoms with E-state index in [1.165, 1.54) is 30.6 Å². The zero-order chi connectivity index (χ0) is 20.9. The number of nitrogens with zero attached hydrogens (tertiary/aromatic N) is 5. The van der Waals surface area contributed by atoms with Gasteiger partial charge in [0, 0.05) is 38.6 Å². The number of ether oxygens (including phenoxy) is 1. The number of methoxy groups -OCH3 is 1. The molecule has 1 saturated heterocycles. The summed E-state index contributed by atoms with van der Waals surface area (Å²) < 4.78 is 7.44. The van der Waals surface area contributed by atoms with Gasteiger partial charge in [0.25, 0.3) is 0 Å². The first kappa shape index (κ1) is 21.1. The van der Waals surface area contributed by atoms with Crippen molar-refractivity contribution in [3.8, 4) is 5.75 Å². The van der Waals surface area contributed by atoms with E-state index in [0.29, 0.717) is 0 Å². The fraction of sp³-hybridized carbons (Fsp3) is 0.522. The number of anilines is 1. The van der Waals surface area contributed by atoms with E-state index in [0.717, 1.165) is 55.2 Å². The molecule has 1 saturated carbocycles. The van der Waals surface area contributed by atoms with Crippen molar-refractivity contribution >= 4 is 23.5 Å². The second-order valence-electron chi connectivity index (χ2n) is 8.04. The Labute approximate surface area is 183 Å². The number of aromatic nitrogens is 3. The van der Waals surface area contributed by atoms with Gasteiger partial charge in [0.05, 0.1) is 19.0 Å². The minimum absolute atomic E-state index is 0.811. The van der Waals surface area contributed by atoms with Gasteiger partial charge in [-0.1, -0.05) is 24.9 Å². The molecule has 2 aliphatic heterocycles. The molecule has 2 aromatic heterocycles. The molecule has 30 heavy (non-hydrogen) atoms. The molecule has 0 bridgehead atoms. The molecule has 0 radical (unpaired) electrons. The lowest BCUT2D eigenvalue weighted by atomic mass is 10.1. The maximum atomic E-state index is 5.10. The highest BCUT2D eigenvalue weighted by molar-refractivity contribution is 7.96. The minimum Gasteiger partial charge on any atom is -0.495 e. The molecule has 160 valence electrons. The fourth-order valence-electron chi connectivity index (χ4n) is 4.00. The number of fused-ring (bicyclic) bond motifs is 1. The van der Waals surface area contributed by atoms with Gasteiger partial charge in [-0.05, 0) is 60.6 Å². The van der Waals surface area contributed by atoms with Crippen LogP contribution in [-0.4, -0.2) is 58.8 Å². The second-order valence-corrected chi connectivity index (χ2v) is 8.92. The Morgan fingerprint density at radius 3 is 2.40 bits per heavy atom. The van der Waals surface area contributed by atoms with Gasteiger partial charge < -0.3 is 9.64 Å². The molecule has 2 fully saturated rings. The highest BCUT2D eigenvalue weighted by atomic mass is 32.2. The number of rotatable bonds is 5. The van der Waals surface area contributed by atoms with Crippen LogP contribution in [0.3, 0.4) is 0 Å². The number of piperidine rings is 1. The molecule has 0 aromatic carbocycles. The first-order valence-corrected chi connectivity index (χ1v) is 11.9. The van der Waals surface area contributed by atoms with E-state index in [2.05, 4.69) is 43.4 Å². The van der Waals surface area contributed by atoms with Crippen LogP contribution in [0.15, 0.2) is 36.8 Å². The third-order valence-electron chi connectivity index (χ3n) is 6.09. The van der Waals surface area contributed by atoms with Crippen LogP contribution in [-0.2, 0) is 6.42 Å². The number of pyridine rings is 1. The van der Waals surface area contributed by atoms with Gasteiger partial charge in [-0.3, -0.25) is 4.98 Å². The van der Waals surface area contributed by atoms with Crippen LogP contribution in [0.1, 0.15) is 31.0 Å². The number of hydrogen-bond donors (Lipinski definition) is 0. The van der Waals surface area contributed by atoms with Crippen molar-refractivity contribution in [2.24, 2.45) is 11.8 Å². The Kier molecular flexibility index (Phi) is 6.89. The number of aryl methyl sites for hydroxylation is 1. The first-order chi connectivity index (χ1) is 14.7. The third-order valence-corrected chi connectivity index (χ3v) is 6.94. The quantitative estimate of drug-likeness (QED) is 0.672. The van der Waals surface area contributed by atoms with Crippen LogP contribution < -0.4 is 9.64 Å². The predicted molar refractivity (Wildman–Crippen MR) is 124 cm³/mol. The van der Waals surface area contributed by atoms with Gasteiger partial charge in [-0.25, -0.2) is 14.3 Å². The lowest BCUT2D eigenvalue weighted by Gasteiger charge is -2.23. The average molecular weight is 426 g/mol. The Balaban J connectivity index is 0.000000146. The zero-order valence-corrected chi connectivity index (χ0v) is 18.9. The van der Waals surface area contributed by atoms with E-state index >= 15 is 0 Å². The minimum atomic E-state index is 0.811. The summed E-state index contributed by atoms with van der Waals surface area (Å²) in [7, 11) is 1.66.